The summed E-state index contributed by atoms with van der Waals surface area (Å²) in [7, 11) is 0. The second-order valence-corrected chi connectivity index (χ2v) is 8.01. The molecule has 10 heteroatoms. The molecule has 0 aliphatic carbocycles. The van der Waals surface area contributed by atoms with Crippen LogP contribution < -0.4 is 10.6 Å². The standard InChI is InChI=1S/C21H15ClF3N3O2S/c22-13-7-5-12(6-8-13)14-9-18(29)28-20(15(14)10-26)31-11-19(30)27-17-4-2-1-3-16(17)21(23,24)25/h1-8,14H,9,11H2,(H,27,30)(H,28,29)/t14-/m0/s1. The number of benzene rings is 2. The number of hydrogen-bond donors (Lipinski definition) is 2. The number of rotatable bonds is 5. The minimum Gasteiger partial charge on any atom is -0.325 e. The number of anilines is 1. The Bertz CT molecular complexity index is 1080. The van der Waals surface area contributed by atoms with E-state index in [1.54, 1.807) is 24.3 Å². The van der Waals surface area contributed by atoms with Crippen molar-refractivity contribution in [3.8, 4) is 6.07 Å². The second kappa shape index (κ2) is 9.45. The van der Waals surface area contributed by atoms with Gasteiger partial charge in [0.2, 0.25) is 11.8 Å². The monoisotopic (exact) mass is 465 g/mol. The summed E-state index contributed by atoms with van der Waals surface area (Å²) in [6, 6.07) is 13.4. The maximum absolute atomic E-state index is 13.1. The number of nitrogens with zero attached hydrogens (tertiary/aromatic N) is 1. The van der Waals surface area contributed by atoms with Crippen LogP contribution in [-0.2, 0) is 15.8 Å². The van der Waals surface area contributed by atoms with Crippen molar-refractivity contribution in [2.24, 2.45) is 0 Å². The van der Waals surface area contributed by atoms with Gasteiger partial charge in [0.25, 0.3) is 0 Å². The maximum Gasteiger partial charge on any atom is 0.418 e. The molecule has 2 N–H and O–H groups in total. The summed E-state index contributed by atoms with van der Waals surface area (Å²) in [5.41, 5.74) is -0.325. The first kappa shape index (κ1) is 22.7. The molecule has 3 rings (SSSR count). The van der Waals surface area contributed by atoms with E-state index in [1.807, 2.05) is 0 Å². The van der Waals surface area contributed by atoms with Gasteiger partial charge >= 0.3 is 6.18 Å². The van der Waals surface area contributed by atoms with Gasteiger partial charge in [-0.1, -0.05) is 47.6 Å². The lowest BCUT2D eigenvalue weighted by atomic mass is 9.87. The number of alkyl halides is 3. The van der Waals surface area contributed by atoms with Crippen LogP contribution in [0.15, 0.2) is 59.1 Å². The number of carbonyl (C=O) groups excluding carboxylic acids is 2. The molecule has 2 aromatic rings. The molecule has 2 aromatic carbocycles. The summed E-state index contributed by atoms with van der Waals surface area (Å²) in [5.74, 6) is -1.83. The summed E-state index contributed by atoms with van der Waals surface area (Å²) in [6.45, 7) is 0. The van der Waals surface area contributed by atoms with Crippen LogP contribution in [0.1, 0.15) is 23.5 Å². The molecule has 2 amide bonds. The lowest BCUT2D eigenvalue weighted by molar-refractivity contribution is -0.137. The van der Waals surface area contributed by atoms with E-state index in [2.05, 4.69) is 16.7 Å². The Balaban J connectivity index is 1.77. The number of thioether (sulfide) groups is 1. The Labute approximate surface area is 185 Å². The minimum absolute atomic E-state index is 0.0553. The fourth-order valence-electron chi connectivity index (χ4n) is 3.08. The van der Waals surface area contributed by atoms with Gasteiger partial charge in [0.1, 0.15) is 0 Å². The highest BCUT2D eigenvalue weighted by atomic mass is 35.5. The highest BCUT2D eigenvalue weighted by Crippen LogP contribution is 2.37. The quantitative estimate of drug-likeness (QED) is 0.646. The lowest BCUT2D eigenvalue weighted by Crippen LogP contribution is -2.31. The second-order valence-electron chi connectivity index (χ2n) is 6.59. The van der Waals surface area contributed by atoms with E-state index < -0.39 is 23.6 Å². The number of allylic oxidation sites excluding steroid dienone is 1. The van der Waals surface area contributed by atoms with Crippen molar-refractivity contribution < 1.29 is 22.8 Å². The average molecular weight is 466 g/mol. The van der Waals surface area contributed by atoms with Crippen LogP contribution in [0.2, 0.25) is 5.02 Å². The molecular weight excluding hydrogens is 451 g/mol. The Morgan fingerprint density at radius 1 is 1.23 bits per heavy atom. The summed E-state index contributed by atoms with van der Waals surface area (Å²) >= 11 is 6.78. The highest BCUT2D eigenvalue weighted by molar-refractivity contribution is 8.03. The Kier molecular flexibility index (Phi) is 6.93. The first-order valence-electron chi connectivity index (χ1n) is 8.97. The van der Waals surface area contributed by atoms with E-state index in [4.69, 9.17) is 11.6 Å². The van der Waals surface area contributed by atoms with Crippen LogP contribution in [0.5, 0.6) is 0 Å². The molecule has 160 valence electrons. The predicted molar refractivity (Wildman–Crippen MR) is 112 cm³/mol. The molecule has 0 fully saturated rings. The molecule has 0 unspecified atom stereocenters. The first-order chi connectivity index (χ1) is 14.7. The van der Waals surface area contributed by atoms with Crippen LogP contribution >= 0.6 is 23.4 Å². The van der Waals surface area contributed by atoms with Crippen LogP contribution in [0.25, 0.3) is 0 Å². The van der Waals surface area contributed by atoms with Crippen molar-refractivity contribution in [3.63, 3.8) is 0 Å². The van der Waals surface area contributed by atoms with Gasteiger partial charge in [-0.25, -0.2) is 0 Å². The van der Waals surface area contributed by atoms with Crippen molar-refractivity contribution in [1.29, 1.82) is 5.26 Å². The summed E-state index contributed by atoms with van der Waals surface area (Å²) in [6.07, 6.45) is -4.56. The molecule has 5 nitrogen and oxygen atoms in total. The number of nitriles is 1. The molecule has 0 bridgehead atoms. The summed E-state index contributed by atoms with van der Waals surface area (Å²) < 4.78 is 39.3. The normalized spacial score (nSPS) is 16.5. The SMILES string of the molecule is N#CC1=C(SCC(=O)Nc2ccccc2C(F)(F)F)NC(=O)C[C@H]1c1ccc(Cl)cc1. The summed E-state index contributed by atoms with van der Waals surface area (Å²) in [4.78, 5) is 24.4. The van der Waals surface area contributed by atoms with Crippen LogP contribution in [0.3, 0.4) is 0 Å². The largest absolute Gasteiger partial charge is 0.418 e. The summed E-state index contributed by atoms with van der Waals surface area (Å²) in [5, 5.41) is 15.2. The first-order valence-corrected chi connectivity index (χ1v) is 10.3. The van der Waals surface area contributed by atoms with Gasteiger partial charge in [0.05, 0.1) is 33.7 Å². The number of nitrogens with one attached hydrogen (secondary N) is 2. The highest BCUT2D eigenvalue weighted by Gasteiger charge is 2.34. The lowest BCUT2D eigenvalue weighted by Gasteiger charge is -2.25. The van der Waals surface area contributed by atoms with Crippen molar-refractivity contribution in [2.75, 3.05) is 11.1 Å². The average Bonchev–Trinajstić information content (AvgIpc) is 2.72. The maximum atomic E-state index is 13.1. The Morgan fingerprint density at radius 3 is 2.55 bits per heavy atom. The van der Waals surface area contributed by atoms with Crippen LogP contribution in [0, 0.1) is 11.3 Å². The van der Waals surface area contributed by atoms with E-state index in [0.29, 0.717) is 5.02 Å². The van der Waals surface area contributed by atoms with E-state index in [9.17, 15) is 28.0 Å². The third-order valence-electron chi connectivity index (χ3n) is 4.48. The van der Waals surface area contributed by atoms with E-state index in [-0.39, 0.29) is 34.4 Å². The number of halogens is 4. The molecule has 1 heterocycles. The van der Waals surface area contributed by atoms with E-state index >= 15 is 0 Å². The molecule has 0 saturated heterocycles. The molecule has 1 atom stereocenters. The number of hydrogen-bond acceptors (Lipinski definition) is 4. The molecule has 0 saturated carbocycles. The number of carbonyl (C=O) groups is 2. The zero-order valence-electron chi connectivity index (χ0n) is 15.8. The van der Waals surface area contributed by atoms with Crippen molar-refractivity contribution >= 4 is 40.9 Å². The van der Waals surface area contributed by atoms with Gasteiger partial charge in [0.15, 0.2) is 0 Å². The van der Waals surface area contributed by atoms with Gasteiger partial charge in [-0.2, -0.15) is 18.4 Å². The van der Waals surface area contributed by atoms with Gasteiger partial charge in [-0.05, 0) is 29.8 Å². The van der Waals surface area contributed by atoms with Crippen molar-refractivity contribution in [1.82, 2.24) is 5.32 Å². The molecule has 0 radical (unpaired) electrons. The topological polar surface area (TPSA) is 82.0 Å². The molecule has 1 aliphatic rings. The van der Waals surface area contributed by atoms with Crippen molar-refractivity contribution in [2.45, 2.75) is 18.5 Å². The van der Waals surface area contributed by atoms with E-state index in [1.165, 1.54) is 12.1 Å². The van der Waals surface area contributed by atoms with Gasteiger partial charge in [-0.15, -0.1) is 0 Å². The van der Waals surface area contributed by atoms with Crippen LogP contribution in [0.4, 0.5) is 18.9 Å². The fraction of sp³-hybridized carbons (Fsp3) is 0.190. The molecule has 1 aliphatic heterocycles. The van der Waals surface area contributed by atoms with Gasteiger partial charge < -0.3 is 10.6 Å². The minimum atomic E-state index is -4.61. The molecular formula is C21H15ClF3N3O2S. The zero-order valence-corrected chi connectivity index (χ0v) is 17.4. The third-order valence-corrected chi connectivity index (χ3v) is 5.75. The zero-order chi connectivity index (χ0) is 22.6. The number of amides is 2. The number of para-hydroxylation sites is 1. The third kappa shape index (κ3) is 5.60. The van der Waals surface area contributed by atoms with Crippen LogP contribution in [-0.4, -0.2) is 17.6 Å². The molecule has 0 spiro atoms. The Morgan fingerprint density at radius 2 is 1.90 bits per heavy atom. The van der Waals surface area contributed by atoms with Gasteiger partial charge in [0, 0.05) is 17.4 Å². The Hall–Kier alpha value is -2.96. The van der Waals surface area contributed by atoms with Gasteiger partial charge in [-0.3, -0.25) is 9.59 Å². The van der Waals surface area contributed by atoms with E-state index in [0.717, 1.165) is 29.5 Å². The van der Waals surface area contributed by atoms with Crippen molar-refractivity contribution in [3.05, 3.63) is 75.3 Å². The molecule has 0 aromatic heterocycles. The fourth-order valence-corrected chi connectivity index (χ4v) is 4.08. The smallest absolute Gasteiger partial charge is 0.325 e. The molecule has 31 heavy (non-hydrogen) atoms. The predicted octanol–water partition coefficient (Wildman–Crippen LogP) is 5.07.